The molecule has 1 unspecified atom stereocenters. The van der Waals surface area contributed by atoms with Gasteiger partial charge in [0.1, 0.15) is 5.16 Å². The number of likely N-dealkylation sites (N-methyl/N-ethyl adjacent to an activating group) is 1. The Hall–Kier alpha value is -0.480. The fourth-order valence-corrected chi connectivity index (χ4v) is 2.33. The molecular formula is C7H10ClNO2S. The molecule has 12 heavy (non-hydrogen) atoms. The maximum atomic E-state index is 11.2. The van der Waals surface area contributed by atoms with Gasteiger partial charge in [0.2, 0.25) is 0 Å². The van der Waals surface area contributed by atoms with Gasteiger partial charge in [-0.3, -0.25) is 0 Å². The lowest BCUT2D eigenvalue weighted by Crippen LogP contribution is -2.35. The van der Waals surface area contributed by atoms with Crippen LogP contribution in [0.4, 0.5) is 0 Å². The first kappa shape index (κ1) is 9.61. The van der Waals surface area contributed by atoms with Crippen molar-refractivity contribution in [2.75, 3.05) is 13.3 Å². The number of hydrogen-bond donors (Lipinski definition) is 0. The average molecular weight is 208 g/mol. The second-order valence-electron chi connectivity index (χ2n) is 2.71. The molecule has 1 rings (SSSR count). The van der Waals surface area contributed by atoms with Crippen molar-refractivity contribution < 1.29 is 8.42 Å². The molecule has 0 radical (unpaired) electrons. The summed E-state index contributed by atoms with van der Waals surface area (Å²) >= 11 is 5.74. The van der Waals surface area contributed by atoms with Crippen LogP contribution in [0, 0.1) is 0 Å². The molecule has 0 aromatic carbocycles. The molecule has 0 bridgehead atoms. The second kappa shape index (κ2) is 3.11. The molecule has 5 heteroatoms. The van der Waals surface area contributed by atoms with Crippen molar-refractivity contribution in [2.24, 2.45) is 0 Å². The fraction of sp³-hybridized carbons (Fsp3) is 0.429. The second-order valence-corrected chi connectivity index (χ2v) is 5.23. The molecule has 0 saturated heterocycles. The molecule has 0 N–H and O–H groups in total. The topological polar surface area (TPSA) is 37.4 Å². The summed E-state index contributed by atoms with van der Waals surface area (Å²) in [5.74, 6) is 0. The number of halogens is 1. The van der Waals surface area contributed by atoms with Crippen LogP contribution in [0.5, 0.6) is 0 Å². The van der Waals surface area contributed by atoms with Crippen LogP contribution in [0.3, 0.4) is 0 Å². The molecule has 0 aliphatic carbocycles. The summed E-state index contributed by atoms with van der Waals surface area (Å²) in [7, 11) is -1.45. The Bertz CT molecular complexity index is 331. The van der Waals surface area contributed by atoms with Crippen LogP contribution in [-0.4, -0.2) is 32.0 Å². The molecular weight excluding hydrogens is 198 g/mol. The summed E-state index contributed by atoms with van der Waals surface area (Å²) in [6, 6.07) is 0. The SMILES string of the molecule is CN1C(Cl)=CC=CC1S(C)(=O)=O. The molecule has 1 atom stereocenters. The van der Waals surface area contributed by atoms with E-state index in [1.165, 1.54) is 11.2 Å². The van der Waals surface area contributed by atoms with E-state index >= 15 is 0 Å². The van der Waals surface area contributed by atoms with Gasteiger partial charge in [0, 0.05) is 13.3 Å². The zero-order valence-electron chi connectivity index (χ0n) is 6.86. The third kappa shape index (κ3) is 1.81. The lowest BCUT2D eigenvalue weighted by molar-refractivity contribution is 0.434. The van der Waals surface area contributed by atoms with Crippen molar-refractivity contribution in [3.8, 4) is 0 Å². The van der Waals surface area contributed by atoms with Crippen LogP contribution < -0.4 is 0 Å². The quantitative estimate of drug-likeness (QED) is 0.601. The summed E-state index contributed by atoms with van der Waals surface area (Å²) in [5, 5.41) is -0.192. The largest absolute Gasteiger partial charge is 0.346 e. The fourth-order valence-electron chi connectivity index (χ4n) is 1.03. The molecule has 0 aromatic rings. The number of allylic oxidation sites excluding steroid dienone is 2. The van der Waals surface area contributed by atoms with E-state index in [4.69, 9.17) is 11.6 Å². The predicted molar refractivity (Wildman–Crippen MR) is 49.5 cm³/mol. The third-order valence-electron chi connectivity index (χ3n) is 1.67. The molecule has 3 nitrogen and oxygen atoms in total. The van der Waals surface area contributed by atoms with Gasteiger partial charge in [0.25, 0.3) is 0 Å². The zero-order chi connectivity index (χ0) is 9.35. The lowest BCUT2D eigenvalue weighted by atomic mass is 10.4. The predicted octanol–water partition coefficient (Wildman–Crippen LogP) is 0.939. The highest BCUT2D eigenvalue weighted by atomic mass is 35.5. The maximum absolute atomic E-state index is 11.2. The first-order valence-corrected chi connectivity index (χ1v) is 5.72. The molecule has 1 aliphatic rings. The number of rotatable bonds is 1. The maximum Gasteiger partial charge on any atom is 0.172 e. The van der Waals surface area contributed by atoms with Crippen molar-refractivity contribution in [3.05, 3.63) is 23.4 Å². The monoisotopic (exact) mass is 207 g/mol. The Labute approximate surface area is 77.2 Å². The molecule has 0 saturated carbocycles. The van der Waals surface area contributed by atoms with Crippen LogP contribution >= 0.6 is 11.6 Å². The first-order chi connectivity index (χ1) is 5.43. The zero-order valence-corrected chi connectivity index (χ0v) is 8.43. The van der Waals surface area contributed by atoms with Gasteiger partial charge >= 0.3 is 0 Å². The number of nitrogens with zero attached hydrogens (tertiary/aromatic N) is 1. The minimum atomic E-state index is -3.09. The van der Waals surface area contributed by atoms with E-state index in [0.717, 1.165) is 0 Å². The number of hydrogen-bond acceptors (Lipinski definition) is 3. The minimum Gasteiger partial charge on any atom is -0.346 e. The smallest absolute Gasteiger partial charge is 0.172 e. The molecule has 68 valence electrons. The van der Waals surface area contributed by atoms with Gasteiger partial charge in [-0.15, -0.1) is 0 Å². The van der Waals surface area contributed by atoms with E-state index in [1.54, 1.807) is 25.3 Å². The minimum absolute atomic E-state index is 0.438. The van der Waals surface area contributed by atoms with Gasteiger partial charge < -0.3 is 4.90 Å². The summed E-state index contributed by atoms with van der Waals surface area (Å²) < 4.78 is 22.3. The average Bonchev–Trinajstić information content (AvgIpc) is 1.92. The van der Waals surface area contributed by atoms with Gasteiger partial charge in [-0.2, -0.15) is 0 Å². The standard InChI is InChI=1S/C7H10ClNO2S/c1-9-6(8)4-3-5-7(9)12(2,10)11/h3-5,7H,1-2H3. The lowest BCUT2D eigenvalue weighted by Gasteiger charge is -2.27. The highest BCUT2D eigenvalue weighted by Gasteiger charge is 2.24. The summed E-state index contributed by atoms with van der Waals surface area (Å²) in [6.07, 6.45) is 6.09. The summed E-state index contributed by atoms with van der Waals surface area (Å²) in [5.41, 5.74) is 0. The Balaban J connectivity index is 2.99. The van der Waals surface area contributed by atoms with Gasteiger partial charge in [0.15, 0.2) is 15.2 Å². The van der Waals surface area contributed by atoms with Crippen LogP contribution in [0.15, 0.2) is 23.4 Å². The van der Waals surface area contributed by atoms with Gasteiger partial charge in [-0.05, 0) is 12.2 Å². The Kier molecular flexibility index (Phi) is 2.49. The van der Waals surface area contributed by atoms with Crippen molar-refractivity contribution in [3.63, 3.8) is 0 Å². The van der Waals surface area contributed by atoms with Gasteiger partial charge in [-0.25, -0.2) is 8.42 Å². The third-order valence-corrected chi connectivity index (χ3v) is 3.41. The van der Waals surface area contributed by atoms with Crippen molar-refractivity contribution in [1.29, 1.82) is 0 Å². The van der Waals surface area contributed by atoms with E-state index in [2.05, 4.69) is 0 Å². The normalized spacial score (nSPS) is 24.1. The molecule has 0 aromatic heterocycles. The first-order valence-electron chi connectivity index (χ1n) is 3.38. The van der Waals surface area contributed by atoms with E-state index < -0.39 is 15.2 Å². The van der Waals surface area contributed by atoms with Crippen LogP contribution in [-0.2, 0) is 9.84 Å². The highest BCUT2D eigenvalue weighted by molar-refractivity contribution is 7.91. The molecule has 0 fully saturated rings. The number of sulfone groups is 1. The summed E-state index contributed by atoms with van der Waals surface area (Å²) in [4.78, 5) is 1.51. The van der Waals surface area contributed by atoms with E-state index in [9.17, 15) is 8.42 Å². The van der Waals surface area contributed by atoms with E-state index in [-0.39, 0.29) is 0 Å². The van der Waals surface area contributed by atoms with Gasteiger partial charge in [0.05, 0.1) is 0 Å². The van der Waals surface area contributed by atoms with Crippen molar-refractivity contribution in [1.82, 2.24) is 4.90 Å². The van der Waals surface area contributed by atoms with E-state index in [1.807, 2.05) is 0 Å². The molecule has 0 spiro atoms. The van der Waals surface area contributed by atoms with Crippen molar-refractivity contribution in [2.45, 2.75) is 5.37 Å². The Morgan fingerprint density at radius 1 is 1.58 bits per heavy atom. The highest BCUT2D eigenvalue weighted by Crippen LogP contribution is 2.19. The van der Waals surface area contributed by atoms with Crippen LogP contribution in [0.25, 0.3) is 0 Å². The van der Waals surface area contributed by atoms with Gasteiger partial charge in [-0.1, -0.05) is 17.7 Å². The summed E-state index contributed by atoms with van der Waals surface area (Å²) in [6.45, 7) is 0. The van der Waals surface area contributed by atoms with Crippen LogP contribution in [0.2, 0.25) is 0 Å². The Morgan fingerprint density at radius 2 is 2.17 bits per heavy atom. The van der Waals surface area contributed by atoms with Crippen LogP contribution in [0.1, 0.15) is 0 Å². The van der Waals surface area contributed by atoms with E-state index in [0.29, 0.717) is 5.16 Å². The molecule has 1 aliphatic heterocycles. The Morgan fingerprint density at radius 3 is 2.58 bits per heavy atom. The molecule has 0 amide bonds. The van der Waals surface area contributed by atoms with Crippen molar-refractivity contribution >= 4 is 21.4 Å². The molecule has 1 heterocycles.